The van der Waals surface area contributed by atoms with Crippen molar-refractivity contribution < 1.29 is 17.9 Å². The Morgan fingerprint density at radius 2 is 1.75 bits per heavy atom. The highest BCUT2D eigenvalue weighted by Gasteiger charge is 2.30. The smallest absolute Gasteiger partial charge is 0.244 e. The largest absolute Gasteiger partial charge is 0.497 e. The van der Waals surface area contributed by atoms with Gasteiger partial charge in [0.2, 0.25) is 15.9 Å². The van der Waals surface area contributed by atoms with Gasteiger partial charge < -0.3 is 10.1 Å². The SMILES string of the molecule is COc1ccc([C@H](C)NC(=O)[C@H](C)N(c2ccc(C)c(Cl)c2)S(C)(=O)=O)cc1. The summed E-state index contributed by atoms with van der Waals surface area (Å²) >= 11 is 6.15. The number of nitrogens with one attached hydrogen (secondary N) is 1. The van der Waals surface area contributed by atoms with Crippen molar-refractivity contribution in [1.82, 2.24) is 5.32 Å². The molecule has 2 rings (SSSR count). The van der Waals surface area contributed by atoms with E-state index in [-0.39, 0.29) is 6.04 Å². The van der Waals surface area contributed by atoms with Crippen LogP contribution in [0.2, 0.25) is 5.02 Å². The molecule has 28 heavy (non-hydrogen) atoms. The van der Waals surface area contributed by atoms with Crippen LogP contribution in [0.4, 0.5) is 5.69 Å². The van der Waals surface area contributed by atoms with Gasteiger partial charge in [-0.05, 0) is 56.2 Å². The predicted octanol–water partition coefficient (Wildman–Crippen LogP) is 3.69. The molecule has 152 valence electrons. The van der Waals surface area contributed by atoms with Gasteiger partial charge in [0.1, 0.15) is 11.8 Å². The minimum Gasteiger partial charge on any atom is -0.497 e. The number of carbonyl (C=O) groups is 1. The second-order valence-electron chi connectivity index (χ2n) is 6.67. The summed E-state index contributed by atoms with van der Waals surface area (Å²) in [5, 5.41) is 3.30. The summed E-state index contributed by atoms with van der Waals surface area (Å²) in [4.78, 5) is 12.8. The Balaban J connectivity index is 2.24. The Morgan fingerprint density at radius 3 is 2.25 bits per heavy atom. The number of ether oxygens (including phenoxy) is 1. The van der Waals surface area contributed by atoms with Gasteiger partial charge in [-0.25, -0.2) is 8.42 Å². The number of methoxy groups -OCH3 is 1. The van der Waals surface area contributed by atoms with Gasteiger partial charge in [-0.3, -0.25) is 9.10 Å². The van der Waals surface area contributed by atoms with Crippen LogP contribution in [-0.4, -0.2) is 33.7 Å². The van der Waals surface area contributed by atoms with Gasteiger partial charge in [0.05, 0.1) is 25.1 Å². The second-order valence-corrected chi connectivity index (χ2v) is 8.94. The summed E-state index contributed by atoms with van der Waals surface area (Å²) < 4.78 is 31.0. The fraction of sp³-hybridized carbons (Fsp3) is 0.350. The van der Waals surface area contributed by atoms with Gasteiger partial charge in [0.25, 0.3) is 0 Å². The maximum Gasteiger partial charge on any atom is 0.244 e. The third kappa shape index (κ3) is 5.17. The number of anilines is 1. The Morgan fingerprint density at radius 1 is 1.14 bits per heavy atom. The highest BCUT2D eigenvalue weighted by atomic mass is 35.5. The molecule has 0 heterocycles. The molecule has 2 atom stereocenters. The fourth-order valence-corrected chi connectivity index (χ4v) is 4.18. The summed E-state index contributed by atoms with van der Waals surface area (Å²) in [6.07, 6.45) is 1.07. The molecule has 0 unspecified atom stereocenters. The molecule has 0 aliphatic carbocycles. The normalized spacial score (nSPS) is 13.5. The number of sulfonamides is 1. The van der Waals surface area contributed by atoms with Crippen LogP contribution in [0.25, 0.3) is 0 Å². The average molecular weight is 425 g/mol. The monoisotopic (exact) mass is 424 g/mol. The Bertz CT molecular complexity index is 945. The molecular formula is C20H25ClN2O4S. The van der Waals surface area contributed by atoms with Crippen molar-refractivity contribution in [2.24, 2.45) is 0 Å². The van der Waals surface area contributed by atoms with E-state index in [1.807, 2.05) is 26.0 Å². The van der Waals surface area contributed by atoms with E-state index in [9.17, 15) is 13.2 Å². The number of rotatable bonds is 7. The van der Waals surface area contributed by atoms with E-state index in [1.165, 1.54) is 0 Å². The third-order valence-corrected chi connectivity index (χ3v) is 6.12. The first-order chi connectivity index (χ1) is 13.0. The molecule has 2 aromatic rings. The molecular weight excluding hydrogens is 400 g/mol. The van der Waals surface area contributed by atoms with Crippen LogP contribution in [0, 0.1) is 6.92 Å². The maximum absolute atomic E-state index is 12.8. The number of benzene rings is 2. The lowest BCUT2D eigenvalue weighted by Crippen LogP contribution is -2.48. The molecule has 0 aromatic heterocycles. The zero-order valence-corrected chi connectivity index (χ0v) is 18.1. The molecule has 0 bridgehead atoms. The second kappa shape index (κ2) is 8.84. The van der Waals surface area contributed by atoms with Gasteiger partial charge >= 0.3 is 0 Å². The van der Waals surface area contributed by atoms with Gasteiger partial charge in [-0.1, -0.05) is 29.8 Å². The van der Waals surface area contributed by atoms with Crippen LogP contribution in [0.15, 0.2) is 42.5 Å². The van der Waals surface area contributed by atoms with E-state index in [4.69, 9.17) is 16.3 Å². The van der Waals surface area contributed by atoms with E-state index in [1.54, 1.807) is 44.4 Å². The van der Waals surface area contributed by atoms with Crippen LogP contribution in [0.5, 0.6) is 5.75 Å². The third-order valence-electron chi connectivity index (χ3n) is 4.47. The van der Waals surface area contributed by atoms with Gasteiger partial charge in [0, 0.05) is 5.02 Å². The van der Waals surface area contributed by atoms with Crippen LogP contribution in [0.1, 0.15) is 31.0 Å². The molecule has 0 fully saturated rings. The predicted molar refractivity (Wildman–Crippen MR) is 113 cm³/mol. The minimum absolute atomic E-state index is 0.302. The molecule has 0 aliphatic rings. The quantitative estimate of drug-likeness (QED) is 0.735. The average Bonchev–Trinajstić information content (AvgIpc) is 2.63. The topological polar surface area (TPSA) is 75.7 Å². The summed E-state index contributed by atoms with van der Waals surface area (Å²) in [6, 6.07) is 11.0. The van der Waals surface area contributed by atoms with Crippen LogP contribution >= 0.6 is 11.6 Å². The van der Waals surface area contributed by atoms with E-state index in [0.29, 0.717) is 10.7 Å². The Hall–Kier alpha value is -2.25. The van der Waals surface area contributed by atoms with Crippen LogP contribution < -0.4 is 14.4 Å². The fourth-order valence-electron chi connectivity index (χ4n) is 2.84. The molecule has 1 N–H and O–H groups in total. The summed E-state index contributed by atoms with van der Waals surface area (Å²) in [5.74, 6) is 0.306. The number of hydrogen-bond acceptors (Lipinski definition) is 4. The molecule has 0 saturated carbocycles. The number of halogens is 1. The first-order valence-corrected chi connectivity index (χ1v) is 11.0. The lowest BCUT2D eigenvalue weighted by molar-refractivity contribution is -0.122. The molecule has 2 aromatic carbocycles. The van der Waals surface area contributed by atoms with Crippen molar-refractivity contribution in [1.29, 1.82) is 0 Å². The molecule has 0 aliphatic heterocycles. The van der Waals surface area contributed by atoms with E-state index in [2.05, 4.69) is 5.32 Å². The zero-order chi connectivity index (χ0) is 21.1. The van der Waals surface area contributed by atoms with Crippen molar-refractivity contribution in [3.8, 4) is 5.75 Å². The van der Waals surface area contributed by atoms with Gasteiger partial charge in [0.15, 0.2) is 0 Å². The van der Waals surface area contributed by atoms with Crippen molar-refractivity contribution >= 4 is 33.2 Å². The lowest BCUT2D eigenvalue weighted by Gasteiger charge is -2.29. The summed E-state index contributed by atoms with van der Waals surface area (Å²) in [5.41, 5.74) is 2.05. The first kappa shape index (κ1) is 22.0. The van der Waals surface area contributed by atoms with Crippen molar-refractivity contribution in [3.63, 3.8) is 0 Å². The first-order valence-electron chi connectivity index (χ1n) is 8.74. The van der Waals surface area contributed by atoms with Crippen molar-refractivity contribution in [2.45, 2.75) is 32.9 Å². The summed E-state index contributed by atoms with van der Waals surface area (Å²) in [6.45, 7) is 5.20. The summed E-state index contributed by atoms with van der Waals surface area (Å²) in [7, 11) is -2.12. The molecule has 0 saturated heterocycles. The Kier molecular flexibility index (Phi) is 6.96. The van der Waals surface area contributed by atoms with Crippen LogP contribution in [0.3, 0.4) is 0 Å². The number of hydrogen-bond donors (Lipinski definition) is 1. The maximum atomic E-state index is 12.8. The molecule has 0 spiro atoms. The Labute approximate surface area is 171 Å². The number of carbonyl (C=O) groups excluding carboxylic acids is 1. The highest BCUT2D eigenvalue weighted by Crippen LogP contribution is 2.27. The van der Waals surface area contributed by atoms with Gasteiger partial charge in [-0.2, -0.15) is 0 Å². The highest BCUT2D eigenvalue weighted by molar-refractivity contribution is 7.92. The van der Waals surface area contributed by atoms with Gasteiger partial charge in [-0.15, -0.1) is 0 Å². The van der Waals surface area contributed by atoms with E-state index < -0.39 is 22.0 Å². The van der Waals surface area contributed by atoms with Crippen LogP contribution in [-0.2, 0) is 14.8 Å². The molecule has 1 amide bonds. The molecule has 6 nitrogen and oxygen atoms in total. The van der Waals surface area contributed by atoms with E-state index in [0.717, 1.165) is 27.4 Å². The van der Waals surface area contributed by atoms with Crippen molar-refractivity contribution in [3.05, 3.63) is 58.6 Å². The number of aryl methyl sites for hydroxylation is 1. The number of nitrogens with zero attached hydrogens (tertiary/aromatic N) is 1. The minimum atomic E-state index is -3.70. The number of amides is 1. The molecule has 8 heteroatoms. The van der Waals surface area contributed by atoms with E-state index >= 15 is 0 Å². The zero-order valence-electron chi connectivity index (χ0n) is 16.6. The van der Waals surface area contributed by atoms with Crippen molar-refractivity contribution in [2.75, 3.05) is 17.7 Å². The lowest BCUT2D eigenvalue weighted by atomic mass is 10.1. The molecule has 0 radical (unpaired) electrons. The standard InChI is InChI=1S/C20H25ClN2O4S/c1-13-6-9-17(12-19(13)21)23(28(5,25)26)15(3)20(24)22-14(2)16-7-10-18(27-4)11-8-16/h6-12,14-15H,1-5H3,(H,22,24)/t14-,15-/m0/s1.